The van der Waals surface area contributed by atoms with E-state index in [0.29, 0.717) is 11.6 Å². The Bertz CT molecular complexity index is 774. The van der Waals surface area contributed by atoms with Crippen molar-refractivity contribution in [3.05, 3.63) is 42.2 Å². The number of hydrogen-bond acceptors (Lipinski definition) is 5. The van der Waals surface area contributed by atoms with Crippen LogP contribution in [0, 0.1) is 0 Å². The Labute approximate surface area is 153 Å². The number of ether oxygens (including phenoxy) is 3. The number of rotatable bonds is 3. The molecule has 1 aromatic heterocycles. The van der Waals surface area contributed by atoms with Gasteiger partial charge in [0.05, 0.1) is 18.3 Å². The standard InChI is InChI=1S/C20H24N2O4/c1-24-19(23)16-4-2-3-15(13-16)18-21-8-9-22(18)17-5-10-26-20(14-17)6-11-25-12-7-20/h2-4,8-9,13,17H,5-7,10-12,14H2,1H3. The first-order chi connectivity index (χ1) is 12.7. The van der Waals surface area contributed by atoms with Crippen LogP contribution >= 0.6 is 0 Å². The Hall–Kier alpha value is -2.18. The molecule has 3 heterocycles. The van der Waals surface area contributed by atoms with E-state index >= 15 is 0 Å². The second-order valence-electron chi connectivity index (χ2n) is 7.02. The van der Waals surface area contributed by atoms with E-state index in [9.17, 15) is 4.79 Å². The SMILES string of the molecule is COC(=O)c1cccc(-c2nccn2C2CCOC3(CCOCC3)C2)c1. The molecule has 2 aliphatic rings. The number of hydrogen-bond donors (Lipinski definition) is 0. The fraction of sp³-hybridized carbons (Fsp3) is 0.500. The van der Waals surface area contributed by atoms with E-state index in [0.717, 1.165) is 56.9 Å². The number of benzene rings is 1. The van der Waals surface area contributed by atoms with Crippen LogP contribution in [0.5, 0.6) is 0 Å². The van der Waals surface area contributed by atoms with Crippen LogP contribution in [-0.4, -0.2) is 48.1 Å². The summed E-state index contributed by atoms with van der Waals surface area (Å²) in [4.78, 5) is 16.4. The zero-order chi connectivity index (χ0) is 18.0. The number of nitrogens with zero attached hydrogens (tertiary/aromatic N) is 2. The molecule has 26 heavy (non-hydrogen) atoms. The van der Waals surface area contributed by atoms with E-state index in [1.807, 2.05) is 30.6 Å². The molecule has 2 saturated heterocycles. The van der Waals surface area contributed by atoms with Crippen LogP contribution in [0.2, 0.25) is 0 Å². The van der Waals surface area contributed by atoms with E-state index in [-0.39, 0.29) is 11.6 Å². The van der Waals surface area contributed by atoms with E-state index in [2.05, 4.69) is 9.55 Å². The summed E-state index contributed by atoms with van der Waals surface area (Å²) in [5.74, 6) is 0.544. The molecule has 0 amide bonds. The van der Waals surface area contributed by atoms with Gasteiger partial charge in [-0.1, -0.05) is 12.1 Å². The van der Waals surface area contributed by atoms with Gasteiger partial charge in [0.25, 0.3) is 0 Å². The Morgan fingerprint density at radius 2 is 2.15 bits per heavy atom. The van der Waals surface area contributed by atoms with E-state index in [1.54, 1.807) is 6.07 Å². The molecule has 2 aliphatic heterocycles. The highest BCUT2D eigenvalue weighted by Crippen LogP contribution is 2.40. The topological polar surface area (TPSA) is 62.6 Å². The summed E-state index contributed by atoms with van der Waals surface area (Å²) in [5, 5.41) is 0. The minimum Gasteiger partial charge on any atom is -0.465 e. The van der Waals surface area contributed by atoms with Gasteiger partial charge in [-0.05, 0) is 37.8 Å². The molecular formula is C20H24N2O4. The Morgan fingerprint density at radius 1 is 1.31 bits per heavy atom. The summed E-state index contributed by atoms with van der Waals surface area (Å²) in [6, 6.07) is 7.78. The molecule has 2 aromatic rings. The molecule has 2 fully saturated rings. The van der Waals surface area contributed by atoms with Crippen molar-refractivity contribution in [3.8, 4) is 11.4 Å². The van der Waals surface area contributed by atoms with E-state index in [4.69, 9.17) is 14.2 Å². The largest absolute Gasteiger partial charge is 0.465 e. The van der Waals surface area contributed by atoms with Crippen molar-refractivity contribution in [1.29, 1.82) is 0 Å². The van der Waals surface area contributed by atoms with Gasteiger partial charge in [-0.15, -0.1) is 0 Å². The van der Waals surface area contributed by atoms with Crippen molar-refractivity contribution in [2.45, 2.75) is 37.3 Å². The number of aromatic nitrogens is 2. The van der Waals surface area contributed by atoms with Crippen LogP contribution in [0.1, 0.15) is 42.1 Å². The molecule has 0 N–H and O–H groups in total. The van der Waals surface area contributed by atoms with Gasteiger partial charge in [-0.25, -0.2) is 9.78 Å². The van der Waals surface area contributed by atoms with Crippen LogP contribution in [-0.2, 0) is 14.2 Å². The molecule has 4 rings (SSSR count). The summed E-state index contributed by atoms with van der Waals surface area (Å²) in [6.45, 7) is 2.29. The predicted molar refractivity (Wildman–Crippen MR) is 96.0 cm³/mol. The average molecular weight is 356 g/mol. The quantitative estimate of drug-likeness (QED) is 0.790. The third kappa shape index (κ3) is 3.27. The van der Waals surface area contributed by atoms with Gasteiger partial charge in [-0.2, -0.15) is 0 Å². The van der Waals surface area contributed by atoms with Crippen molar-refractivity contribution in [2.75, 3.05) is 26.9 Å². The Balaban J connectivity index is 1.62. The zero-order valence-electron chi connectivity index (χ0n) is 15.0. The lowest BCUT2D eigenvalue weighted by Crippen LogP contribution is -2.44. The minimum absolute atomic E-state index is 0.0728. The van der Waals surface area contributed by atoms with Crippen LogP contribution in [0.15, 0.2) is 36.7 Å². The fourth-order valence-corrected chi connectivity index (χ4v) is 4.07. The maximum Gasteiger partial charge on any atom is 0.337 e. The highest BCUT2D eigenvalue weighted by molar-refractivity contribution is 5.90. The number of imidazole rings is 1. The summed E-state index contributed by atoms with van der Waals surface area (Å²) < 4.78 is 18.8. The van der Waals surface area contributed by atoms with E-state index < -0.39 is 0 Å². The normalized spacial score (nSPS) is 22.3. The van der Waals surface area contributed by atoms with Crippen LogP contribution in [0.25, 0.3) is 11.4 Å². The molecule has 1 aromatic carbocycles. The molecule has 1 unspecified atom stereocenters. The van der Waals surface area contributed by atoms with Gasteiger partial charge in [-0.3, -0.25) is 0 Å². The number of carbonyl (C=O) groups is 1. The number of methoxy groups -OCH3 is 1. The zero-order valence-corrected chi connectivity index (χ0v) is 15.0. The first-order valence-electron chi connectivity index (χ1n) is 9.14. The van der Waals surface area contributed by atoms with Gasteiger partial charge in [0.2, 0.25) is 0 Å². The van der Waals surface area contributed by atoms with Crippen molar-refractivity contribution < 1.29 is 19.0 Å². The summed E-state index contributed by atoms with van der Waals surface area (Å²) in [6.07, 6.45) is 7.69. The molecule has 0 radical (unpaired) electrons. The van der Waals surface area contributed by atoms with E-state index in [1.165, 1.54) is 7.11 Å². The fourth-order valence-electron chi connectivity index (χ4n) is 4.07. The van der Waals surface area contributed by atoms with Gasteiger partial charge in [0.15, 0.2) is 0 Å². The molecule has 0 saturated carbocycles. The summed E-state index contributed by atoms with van der Waals surface area (Å²) in [7, 11) is 1.39. The van der Waals surface area contributed by atoms with Crippen molar-refractivity contribution in [3.63, 3.8) is 0 Å². The molecular weight excluding hydrogens is 332 g/mol. The van der Waals surface area contributed by atoms with Gasteiger partial charge >= 0.3 is 5.97 Å². The maximum absolute atomic E-state index is 11.8. The molecule has 1 spiro atoms. The summed E-state index contributed by atoms with van der Waals surface area (Å²) in [5.41, 5.74) is 1.38. The van der Waals surface area contributed by atoms with Crippen LogP contribution in [0.4, 0.5) is 0 Å². The van der Waals surface area contributed by atoms with Gasteiger partial charge in [0.1, 0.15) is 5.82 Å². The first-order valence-corrected chi connectivity index (χ1v) is 9.14. The third-order valence-electron chi connectivity index (χ3n) is 5.47. The second kappa shape index (κ2) is 7.21. The predicted octanol–water partition coefficient (Wildman–Crippen LogP) is 3.24. The molecule has 6 nitrogen and oxygen atoms in total. The van der Waals surface area contributed by atoms with Crippen molar-refractivity contribution in [2.24, 2.45) is 0 Å². The smallest absolute Gasteiger partial charge is 0.337 e. The minimum atomic E-state index is -0.336. The second-order valence-corrected chi connectivity index (χ2v) is 7.02. The lowest BCUT2D eigenvalue weighted by atomic mass is 9.84. The van der Waals surface area contributed by atoms with Crippen LogP contribution < -0.4 is 0 Å². The third-order valence-corrected chi connectivity index (χ3v) is 5.47. The van der Waals surface area contributed by atoms with Crippen LogP contribution in [0.3, 0.4) is 0 Å². The highest BCUT2D eigenvalue weighted by Gasteiger charge is 2.40. The molecule has 6 heteroatoms. The average Bonchev–Trinajstić information content (AvgIpc) is 3.18. The molecule has 0 bridgehead atoms. The Kier molecular flexibility index (Phi) is 4.78. The van der Waals surface area contributed by atoms with Crippen molar-refractivity contribution in [1.82, 2.24) is 9.55 Å². The summed E-state index contributed by atoms with van der Waals surface area (Å²) >= 11 is 0. The van der Waals surface area contributed by atoms with Gasteiger partial charge in [0, 0.05) is 43.8 Å². The monoisotopic (exact) mass is 356 g/mol. The molecule has 1 atom stereocenters. The molecule has 0 aliphatic carbocycles. The maximum atomic E-state index is 11.8. The number of esters is 1. The molecule has 138 valence electrons. The van der Waals surface area contributed by atoms with Crippen molar-refractivity contribution >= 4 is 5.97 Å². The Morgan fingerprint density at radius 3 is 2.96 bits per heavy atom. The lowest BCUT2D eigenvalue weighted by Gasteiger charge is -2.43. The first kappa shape index (κ1) is 17.2. The lowest BCUT2D eigenvalue weighted by molar-refractivity contribution is -0.144. The number of carbonyl (C=O) groups excluding carboxylic acids is 1. The highest BCUT2D eigenvalue weighted by atomic mass is 16.5. The van der Waals surface area contributed by atoms with Gasteiger partial charge < -0.3 is 18.8 Å².